The van der Waals surface area contributed by atoms with Crippen molar-refractivity contribution in [3.05, 3.63) is 29.6 Å². The zero-order valence-electron chi connectivity index (χ0n) is 14.9. The summed E-state index contributed by atoms with van der Waals surface area (Å²) in [5, 5.41) is 5.50. The first-order valence-corrected chi connectivity index (χ1v) is 9.77. The number of nitrogens with zero attached hydrogens (tertiary/aromatic N) is 2. The van der Waals surface area contributed by atoms with E-state index < -0.39 is 0 Å². The van der Waals surface area contributed by atoms with E-state index in [1.807, 2.05) is 36.6 Å². The molecular weight excluding hydrogens is 346 g/mol. The largest absolute Gasteiger partial charge is 0.493 e. The lowest BCUT2D eigenvalue weighted by molar-refractivity contribution is -0.122. The average Bonchev–Trinajstić information content (AvgIpc) is 3.11. The van der Waals surface area contributed by atoms with Crippen LogP contribution in [-0.2, 0) is 4.79 Å². The molecule has 1 atom stereocenters. The molecule has 0 radical (unpaired) electrons. The highest BCUT2D eigenvalue weighted by Gasteiger charge is 2.28. The van der Waals surface area contributed by atoms with Crippen LogP contribution in [0.1, 0.15) is 26.2 Å². The first-order chi connectivity index (χ1) is 12.7. The van der Waals surface area contributed by atoms with E-state index in [1.54, 1.807) is 0 Å². The molecule has 2 aromatic rings. The van der Waals surface area contributed by atoms with Crippen molar-refractivity contribution in [3.63, 3.8) is 0 Å². The molecule has 26 heavy (non-hydrogen) atoms. The lowest BCUT2D eigenvalue weighted by atomic mass is 10.0. The van der Waals surface area contributed by atoms with Crippen molar-refractivity contribution < 1.29 is 9.53 Å². The van der Waals surface area contributed by atoms with Crippen molar-refractivity contribution in [2.75, 3.05) is 25.0 Å². The maximum Gasteiger partial charge on any atom is 0.243 e. The molecule has 1 saturated heterocycles. The SMILES string of the molecule is C#CCN1CCCCC1C(=O)Nc1nc(-c2ccccc2OCC)cs1. The van der Waals surface area contributed by atoms with Gasteiger partial charge < -0.3 is 10.1 Å². The van der Waals surface area contributed by atoms with Gasteiger partial charge in [0.05, 0.1) is 24.9 Å². The first kappa shape index (κ1) is 18.4. The lowest BCUT2D eigenvalue weighted by Crippen LogP contribution is -2.47. The van der Waals surface area contributed by atoms with Crippen LogP contribution in [0.15, 0.2) is 29.6 Å². The Balaban J connectivity index is 1.72. The maximum atomic E-state index is 12.7. The normalized spacial score (nSPS) is 17.5. The molecule has 0 bridgehead atoms. The minimum absolute atomic E-state index is 0.0288. The molecule has 1 aromatic carbocycles. The van der Waals surface area contributed by atoms with E-state index in [0.29, 0.717) is 18.3 Å². The topological polar surface area (TPSA) is 54.5 Å². The summed E-state index contributed by atoms with van der Waals surface area (Å²) in [4.78, 5) is 19.3. The van der Waals surface area contributed by atoms with Crippen LogP contribution >= 0.6 is 11.3 Å². The van der Waals surface area contributed by atoms with Crippen molar-refractivity contribution in [1.29, 1.82) is 0 Å². The van der Waals surface area contributed by atoms with Crippen LogP contribution in [-0.4, -0.2) is 41.5 Å². The van der Waals surface area contributed by atoms with Gasteiger partial charge in [-0.1, -0.05) is 24.5 Å². The highest BCUT2D eigenvalue weighted by molar-refractivity contribution is 7.14. The summed E-state index contributed by atoms with van der Waals surface area (Å²) < 4.78 is 5.67. The predicted octanol–water partition coefficient (Wildman–Crippen LogP) is 3.64. The van der Waals surface area contributed by atoms with Gasteiger partial charge in [0.1, 0.15) is 5.75 Å². The number of piperidine rings is 1. The van der Waals surface area contributed by atoms with Crippen LogP contribution < -0.4 is 10.1 Å². The van der Waals surface area contributed by atoms with Gasteiger partial charge in [0.2, 0.25) is 5.91 Å². The smallest absolute Gasteiger partial charge is 0.243 e. The number of rotatable bonds is 6. The molecule has 2 heterocycles. The fourth-order valence-corrected chi connectivity index (χ4v) is 3.91. The Labute approximate surface area is 158 Å². The van der Waals surface area contributed by atoms with E-state index >= 15 is 0 Å². The Morgan fingerprint density at radius 2 is 2.31 bits per heavy atom. The van der Waals surface area contributed by atoms with E-state index in [-0.39, 0.29) is 11.9 Å². The number of thiazole rings is 1. The Kier molecular flexibility index (Phi) is 6.26. The number of ether oxygens (including phenoxy) is 1. The van der Waals surface area contributed by atoms with Crippen LogP contribution in [0.25, 0.3) is 11.3 Å². The summed E-state index contributed by atoms with van der Waals surface area (Å²) in [6.45, 7) is 3.92. The summed E-state index contributed by atoms with van der Waals surface area (Å²) in [6.07, 6.45) is 8.40. The number of anilines is 1. The van der Waals surface area contributed by atoms with E-state index in [9.17, 15) is 4.79 Å². The van der Waals surface area contributed by atoms with Crippen LogP contribution in [0.3, 0.4) is 0 Å². The summed E-state index contributed by atoms with van der Waals surface area (Å²) >= 11 is 1.42. The molecule has 0 aliphatic carbocycles. The number of nitrogens with one attached hydrogen (secondary N) is 1. The van der Waals surface area contributed by atoms with Gasteiger partial charge >= 0.3 is 0 Å². The predicted molar refractivity (Wildman–Crippen MR) is 105 cm³/mol. The van der Waals surface area contributed by atoms with Crippen molar-refractivity contribution in [1.82, 2.24) is 9.88 Å². The van der Waals surface area contributed by atoms with Gasteiger partial charge in [-0.15, -0.1) is 17.8 Å². The molecule has 1 aliphatic rings. The second-order valence-electron chi connectivity index (χ2n) is 6.14. The molecule has 1 amide bonds. The third-order valence-electron chi connectivity index (χ3n) is 4.41. The summed E-state index contributed by atoms with van der Waals surface area (Å²) in [6, 6.07) is 7.61. The number of hydrogen-bond donors (Lipinski definition) is 1. The van der Waals surface area contributed by atoms with Gasteiger partial charge in [0.25, 0.3) is 0 Å². The van der Waals surface area contributed by atoms with Gasteiger partial charge in [0, 0.05) is 10.9 Å². The monoisotopic (exact) mass is 369 g/mol. The molecule has 1 aliphatic heterocycles. The summed E-state index contributed by atoms with van der Waals surface area (Å²) in [5.74, 6) is 3.42. The van der Waals surface area contributed by atoms with Gasteiger partial charge in [-0.25, -0.2) is 4.98 Å². The number of hydrogen-bond acceptors (Lipinski definition) is 5. The standard InChI is InChI=1S/C20H23N3O2S/c1-3-12-23-13-8-7-10-17(23)19(24)22-20-21-16(14-26-20)15-9-5-6-11-18(15)25-4-2/h1,5-6,9,11,14,17H,4,7-8,10,12-13H2,2H3,(H,21,22,24). The van der Waals surface area contributed by atoms with Gasteiger partial charge in [-0.2, -0.15) is 0 Å². The van der Waals surface area contributed by atoms with Crippen molar-refractivity contribution in [2.24, 2.45) is 0 Å². The van der Waals surface area contributed by atoms with Crippen LogP contribution in [0.5, 0.6) is 5.75 Å². The second-order valence-corrected chi connectivity index (χ2v) is 7.00. The Morgan fingerprint density at radius 1 is 1.46 bits per heavy atom. The zero-order valence-corrected chi connectivity index (χ0v) is 15.7. The van der Waals surface area contributed by atoms with Gasteiger partial charge in [-0.05, 0) is 38.4 Å². The van der Waals surface area contributed by atoms with E-state index in [0.717, 1.165) is 42.8 Å². The Hall–Kier alpha value is -2.36. The lowest BCUT2D eigenvalue weighted by Gasteiger charge is -2.32. The van der Waals surface area contributed by atoms with Gasteiger partial charge in [-0.3, -0.25) is 9.69 Å². The third kappa shape index (κ3) is 4.24. The molecule has 0 saturated carbocycles. The van der Waals surface area contributed by atoms with E-state index in [1.165, 1.54) is 11.3 Å². The van der Waals surface area contributed by atoms with Gasteiger partial charge in [0.15, 0.2) is 5.13 Å². The number of terminal acetylenes is 1. The van der Waals surface area contributed by atoms with E-state index in [4.69, 9.17) is 11.2 Å². The number of carbonyl (C=O) groups excluding carboxylic acids is 1. The number of aromatic nitrogens is 1. The number of amides is 1. The summed E-state index contributed by atoms with van der Waals surface area (Å²) in [5.41, 5.74) is 1.73. The fourth-order valence-electron chi connectivity index (χ4n) is 3.20. The molecular formula is C20H23N3O2S. The number of para-hydroxylation sites is 1. The molecule has 1 N–H and O–H groups in total. The molecule has 1 unspecified atom stereocenters. The molecule has 3 rings (SSSR count). The number of benzene rings is 1. The Morgan fingerprint density at radius 3 is 3.12 bits per heavy atom. The highest BCUT2D eigenvalue weighted by atomic mass is 32.1. The Bertz CT molecular complexity index is 796. The molecule has 0 spiro atoms. The molecule has 5 nitrogen and oxygen atoms in total. The average molecular weight is 369 g/mol. The minimum atomic E-state index is -0.178. The molecule has 1 fully saturated rings. The van der Waals surface area contributed by atoms with E-state index in [2.05, 4.69) is 21.1 Å². The molecule has 6 heteroatoms. The number of carbonyl (C=O) groups is 1. The molecule has 1 aromatic heterocycles. The van der Waals surface area contributed by atoms with Crippen LogP contribution in [0, 0.1) is 12.3 Å². The van der Waals surface area contributed by atoms with Crippen LogP contribution in [0.4, 0.5) is 5.13 Å². The molecule has 136 valence electrons. The first-order valence-electron chi connectivity index (χ1n) is 8.89. The second kappa shape index (κ2) is 8.84. The maximum absolute atomic E-state index is 12.7. The van der Waals surface area contributed by atoms with Crippen LogP contribution in [0.2, 0.25) is 0 Å². The van der Waals surface area contributed by atoms with Crippen molar-refractivity contribution >= 4 is 22.4 Å². The van der Waals surface area contributed by atoms with Crippen molar-refractivity contribution in [2.45, 2.75) is 32.2 Å². The van der Waals surface area contributed by atoms with Crippen molar-refractivity contribution in [3.8, 4) is 29.4 Å². The number of likely N-dealkylation sites (tertiary alicyclic amines) is 1. The minimum Gasteiger partial charge on any atom is -0.493 e. The fraction of sp³-hybridized carbons (Fsp3) is 0.400. The highest BCUT2D eigenvalue weighted by Crippen LogP contribution is 2.32. The zero-order chi connectivity index (χ0) is 18.4. The quantitative estimate of drug-likeness (QED) is 0.790. The third-order valence-corrected chi connectivity index (χ3v) is 5.17. The summed E-state index contributed by atoms with van der Waals surface area (Å²) in [7, 11) is 0.